The van der Waals surface area contributed by atoms with E-state index in [0.29, 0.717) is 0 Å². The minimum atomic E-state index is -0.109. The van der Waals surface area contributed by atoms with Gasteiger partial charge in [-0.1, -0.05) is 13.1 Å². The van der Waals surface area contributed by atoms with E-state index in [9.17, 15) is 0 Å². The second kappa shape index (κ2) is 2.73. The first-order valence-corrected chi connectivity index (χ1v) is 4.86. The molecule has 0 aromatic rings. The van der Waals surface area contributed by atoms with Crippen molar-refractivity contribution in [3.8, 4) is 0 Å². The van der Waals surface area contributed by atoms with Crippen LogP contribution in [-0.2, 0) is 0 Å². The van der Waals surface area contributed by atoms with Crippen LogP contribution in [0, 0.1) is 0 Å². The van der Waals surface area contributed by atoms with Crippen LogP contribution in [0.5, 0.6) is 0 Å². The van der Waals surface area contributed by atoms with Crippen molar-refractivity contribution in [2.75, 3.05) is 5.50 Å². The highest BCUT2D eigenvalue weighted by Crippen LogP contribution is 1.80. The van der Waals surface area contributed by atoms with E-state index in [0.717, 1.165) is 5.50 Å². The fourth-order valence-corrected chi connectivity index (χ4v) is 0. The van der Waals surface area contributed by atoms with Crippen LogP contribution in [0.1, 0.15) is 0 Å². The highest BCUT2D eigenvalue weighted by molar-refractivity contribution is 6.64. The molecule has 0 heterocycles. The standard InChI is InChI=1S/C3H8ClSi/c1-5(2)3-4/h3H2,1-2H3. The fraction of sp³-hybridized carbons (Fsp3) is 1.00. The van der Waals surface area contributed by atoms with E-state index in [1.807, 2.05) is 0 Å². The third-order valence-electron chi connectivity index (χ3n) is 0.267. The molecule has 0 spiro atoms. The molecule has 0 saturated carbocycles. The maximum absolute atomic E-state index is 5.38. The maximum Gasteiger partial charge on any atom is 0.0594 e. The van der Waals surface area contributed by atoms with E-state index >= 15 is 0 Å². The second-order valence-corrected chi connectivity index (χ2v) is 4.82. The summed E-state index contributed by atoms with van der Waals surface area (Å²) in [4.78, 5) is 0. The molecule has 0 bridgehead atoms. The van der Waals surface area contributed by atoms with Crippen LogP contribution in [-0.4, -0.2) is 14.3 Å². The van der Waals surface area contributed by atoms with Crippen molar-refractivity contribution in [3.63, 3.8) is 0 Å². The molecule has 0 aliphatic heterocycles. The summed E-state index contributed by atoms with van der Waals surface area (Å²) < 4.78 is 0. The molecule has 0 aromatic carbocycles. The first kappa shape index (κ1) is 5.51. The average molecular weight is 108 g/mol. The number of hydrogen-bond donors (Lipinski definition) is 0. The van der Waals surface area contributed by atoms with Gasteiger partial charge in [0.2, 0.25) is 0 Å². The molecular formula is C3H8ClSi. The summed E-state index contributed by atoms with van der Waals surface area (Å²) in [6.07, 6.45) is 0. The lowest BCUT2D eigenvalue weighted by atomic mass is 11.8. The Morgan fingerprint density at radius 2 is 1.80 bits per heavy atom. The van der Waals surface area contributed by atoms with Gasteiger partial charge in [0.15, 0.2) is 0 Å². The highest BCUT2D eigenvalue weighted by Gasteiger charge is 1.85. The average Bonchev–Trinajstić information content (AvgIpc) is 1.38. The van der Waals surface area contributed by atoms with E-state index in [-0.39, 0.29) is 8.80 Å². The molecule has 2 heteroatoms. The van der Waals surface area contributed by atoms with Gasteiger partial charge in [-0.05, 0) is 0 Å². The van der Waals surface area contributed by atoms with Crippen LogP contribution in [0.4, 0.5) is 0 Å². The largest absolute Gasteiger partial charge is 0.130 e. The van der Waals surface area contributed by atoms with E-state index < -0.39 is 0 Å². The van der Waals surface area contributed by atoms with E-state index in [4.69, 9.17) is 11.6 Å². The lowest BCUT2D eigenvalue weighted by molar-refractivity contribution is 1.85. The Hall–Kier alpha value is 0.507. The minimum absolute atomic E-state index is 0.109. The van der Waals surface area contributed by atoms with Gasteiger partial charge >= 0.3 is 0 Å². The Kier molecular flexibility index (Phi) is 3.01. The van der Waals surface area contributed by atoms with Crippen molar-refractivity contribution in [2.24, 2.45) is 0 Å². The molecule has 0 fully saturated rings. The molecule has 0 rings (SSSR count). The molecule has 0 saturated heterocycles. The molecular weight excluding hydrogens is 99.6 g/mol. The Bertz CT molecular complexity index is 20.9. The van der Waals surface area contributed by atoms with Crippen molar-refractivity contribution in [1.29, 1.82) is 0 Å². The predicted molar refractivity (Wildman–Crippen MR) is 28.2 cm³/mol. The molecule has 0 aliphatic rings. The fourth-order valence-electron chi connectivity index (χ4n) is 0. The smallest absolute Gasteiger partial charge is 0.0594 e. The molecule has 0 unspecified atom stereocenters. The maximum atomic E-state index is 5.38. The normalized spacial score (nSPS) is 9.60. The highest BCUT2D eigenvalue weighted by atomic mass is 35.5. The van der Waals surface area contributed by atoms with Crippen LogP contribution in [0.25, 0.3) is 0 Å². The van der Waals surface area contributed by atoms with Crippen molar-refractivity contribution in [1.82, 2.24) is 0 Å². The predicted octanol–water partition coefficient (Wildman–Crippen LogP) is 1.52. The number of hydrogen-bond acceptors (Lipinski definition) is 0. The molecule has 0 aromatic heterocycles. The Morgan fingerprint density at radius 1 is 1.60 bits per heavy atom. The summed E-state index contributed by atoms with van der Waals surface area (Å²) in [5.41, 5.74) is 0.880. The van der Waals surface area contributed by atoms with Crippen molar-refractivity contribution < 1.29 is 0 Å². The molecule has 1 radical (unpaired) electrons. The first-order valence-electron chi connectivity index (χ1n) is 1.62. The molecule has 0 N–H and O–H groups in total. The lowest BCUT2D eigenvalue weighted by Gasteiger charge is -1.85. The molecule has 5 heavy (non-hydrogen) atoms. The molecule has 0 aliphatic carbocycles. The topological polar surface area (TPSA) is 0 Å². The summed E-state index contributed by atoms with van der Waals surface area (Å²) in [7, 11) is -0.109. The minimum Gasteiger partial charge on any atom is -0.130 e. The summed E-state index contributed by atoms with van der Waals surface area (Å²) in [5, 5.41) is 0. The van der Waals surface area contributed by atoms with Gasteiger partial charge in [0.1, 0.15) is 0 Å². The summed E-state index contributed by atoms with van der Waals surface area (Å²) >= 11 is 5.38. The summed E-state index contributed by atoms with van der Waals surface area (Å²) in [6.45, 7) is 4.38. The molecule has 0 nitrogen and oxygen atoms in total. The molecule has 31 valence electrons. The van der Waals surface area contributed by atoms with Gasteiger partial charge in [-0.15, -0.1) is 11.6 Å². The Labute approximate surface area is 39.8 Å². The number of rotatable bonds is 1. The van der Waals surface area contributed by atoms with Crippen LogP contribution in [0.15, 0.2) is 0 Å². The zero-order chi connectivity index (χ0) is 4.28. The number of alkyl halides is 1. The SMILES string of the molecule is C[Si](C)CCl. The second-order valence-electron chi connectivity index (χ2n) is 1.34. The van der Waals surface area contributed by atoms with E-state index in [1.54, 1.807) is 0 Å². The van der Waals surface area contributed by atoms with Gasteiger partial charge in [0.25, 0.3) is 0 Å². The summed E-state index contributed by atoms with van der Waals surface area (Å²) in [5.74, 6) is 0. The van der Waals surface area contributed by atoms with Gasteiger partial charge < -0.3 is 0 Å². The third kappa shape index (κ3) is 4.51. The van der Waals surface area contributed by atoms with Crippen molar-refractivity contribution >= 4 is 20.4 Å². The molecule has 0 atom stereocenters. The van der Waals surface area contributed by atoms with Gasteiger partial charge in [-0.2, -0.15) is 0 Å². The van der Waals surface area contributed by atoms with E-state index in [2.05, 4.69) is 13.1 Å². The Morgan fingerprint density at radius 3 is 1.80 bits per heavy atom. The Balaban J connectivity index is 2.54. The van der Waals surface area contributed by atoms with Gasteiger partial charge in [-0.3, -0.25) is 0 Å². The lowest BCUT2D eigenvalue weighted by Crippen LogP contribution is -1.99. The van der Waals surface area contributed by atoms with Crippen molar-refractivity contribution in [2.45, 2.75) is 13.1 Å². The summed E-state index contributed by atoms with van der Waals surface area (Å²) in [6, 6.07) is 0. The zero-order valence-electron chi connectivity index (χ0n) is 3.59. The van der Waals surface area contributed by atoms with Crippen LogP contribution in [0.2, 0.25) is 13.1 Å². The molecule has 0 amide bonds. The monoisotopic (exact) mass is 107 g/mol. The quantitative estimate of drug-likeness (QED) is 0.352. The zero-order valence-corrected chi connectivity index (χ0v) is 5.34. The van der Waals surface area contributed by atoms with Gasteiger partial charge in [0.05, 0.1) is 8.80 Å². The van der Waals surface area contributed by atoms with Gasteiger partial charge in [0, 0.05) is 5.50 Å². The first-order chi connectivity index (χ1) is 2.27. The van der Waals surface area contributed by atoms with Crippen LogP contribution in [0.3, 0.4) is 0 Å². The number of halogens is 1. The van der Waals surface area contributed by atoms with Crippen LogP contribution >= 0.6 is 11.6 Å². The third-order valence-corrected chi connectivity index (χ3v) is 2.41. The van der Waals surface area contributed by atoms with Crippen LogP contribution < -0.4 is 0 Å². The van der Waals surface area contributed by atoms with Crippen molar-refractivity contribution in [3.05, 3.63) is 0 Å². The van der Waals surface area contributed by atoms with E-state index in [1.165, 1.54) is 0 Å². The van der Waals surface area contributed by atoms with Gasteiger partial charge in [-0.25, -0.2) is 0 Å².